The van der Waals surface area contributed by atoms with Crippen molar-refractivity contribution >= 4 is 4.57 Å². The van der Waals surface area contributed by atoms with Gasteiger partial charge in [-0.05, 0) is 0 Å². The summed E-state index contributed by atoms with van der Waals surface area (Å²) in [5.41, 5.74) is 1.26. The van der Waals surface area contributed by atoms with Gasteiger partial charge >= 0.3 is 92.5 Å². The molecular weight excluding hydrogens is 216 g/mol. The van der Waals surface area contributed by atoms with Crippen molar-refractivity contribution in [3.8, 4) is 5.75 Å². The minimum atomic E-state index is 0.904. The molecule has 0 saturated carbocycles. The average molecular weight is 230 g/mol. The van der Waals surface area contributed by atoms with Gasteiger partial charge in [-0.2, -0.15) is 0 Å². The molecule has 0 amide bonds. The van der Waals surface area contributed by atoms with E-state index in [1.165, 1.54) is 5.56 Å². The Kier molecular flexibility index (Phi) is 4.89. The molecule has 0 aliphatic carbocycles. The monoisotopic (exact) mass is 230 g/mol. The molecular formula is C11H14CrO2. The van der Waals surface area contributed by atoms with Gasteiger partial charge in [-0.15, -0.1) is 0 Å². The van der Waals surface area contributed by atoms with Crippen LogP contribution < -0.4 is 4.74 Å². The second kappa shape index (κ2) is 5.98. The van der Waals surface area contributed by atoms with Crippen LogP contribution in [0.15, 0.2) is 24.3 Å². The van der Waals surface area contributed by atoms with E-state index in [1.54, 1.807) is 14.2 Å². The van der Waals surface area contributed by atoms with Crippen LogP contribution >= 0.6 is 0 Å². The van der Waals surface area contributed by atoms with Gasteiger partial charge in [0.1, 0.15) is 0 Å². The number of benzene rings is 1. The number of hydrogen-bond donors (Lipinski definition) is 0. The van der Waals surface area contributed by atoms with Crippen molar-refractivity contribution in [2.24, 2.45) is 0 Å². The molecule has 0 N–H and O–H groups in total. The van der Waals surface area contributed by atoms with Crippen LogP contribution in [0.25, 0.3) is 0 Å². The fourth-order valence-corrected chi connectivity index (χ4v) is 1.34. The fourth-order valence-electron chi connectivity index (χ4n) is 1.18. The minimum absolute atomic E-state index is 0.904. The fraction of sp³-hybridized carbons (Fsp3) is 0.364. The van der Waals surface area contributed by atoms with Gasteiger partial charge in [-0.25, -0.2) is 0 Å². The Morgan fingerprint density at radius 3 is 2.79 bits per heavy atom. The number of methoxy groups -OCH3 is 2. The third-order valence-corrected chi connectivity index (χ3v) is 2.56. The summed E-state index contributed by atoms with van der Waals surface area (Å²) in [5, 5.41) is 0. The third-order valence-electron chi connectivity index (χ3n) is 1.98. The molecule has 0 aliphatic rings. The van der Waals surface area contributed by atoms with Gasteiger partial charge < -0.3 is 0 Å². The van der Waals surface area contributed by atoms with Gasteiger partial charge in [0.15, 0.2) is 0 Å². The Hall–Kier alpha value is -0.618. The molecule has 0 radical (unpaired) electrons. The summed E-state index contributed by atoms with van der Waals surface area (Å²) in [6.07, 6.45) is 1.87. The predicted octanol–water partition coefficient (Wildman–Crippen LogP) is 1.95. The topological polar surface area (TPSA) is 18.5 Å². The normalized spacial score (nSPS) is 9.86. The van der Waals surface area contributed by atoms with E-state index >= 15 is 0 Å². The van der Waals surface area contributed by atoms with Crippen molar-refractivity contribution in [3.05, 3.63) is 29.8 Å². The van der Waals surface area contributed by atoms with Crippen LogP contribution in [-0.4, -0.2) is 18.8 Å². The van der Waals surface area contributed by atoms with E-state index in [0.717, 1.165) is 23.2 Å². The summed E-state index contributed by atoms with van der Waals surface area (Å²) in [6.45, 7) is 0. The van der Waals surface area contributed by atoms with Crippen molar-refractivity contribution in [1.82, 2.24) is 0 Å². The van der Waals surface area contributed by atoms with E-state index in [-0.39, 0.29) is 0 Å². The second-order valence-electron chi connectivity index (χ2n) is 2.93. The standard InChI is InChI=1S/C11H14O2.Cr/c1-12-8-4-6-10-5-3-7-11(9-10)13-2;/h3,5,7,9H,4,6H2,1-2H3;. The van der Waals surface area contributed by atoms with E-state index in [2.05, 4.69) is 21.9 Å². The molecule has 3 heteroatoms. The summed E-state index contributed by atoms with van der Waals surface area (Å²) in [5.74, 6) is 0.904. The summed E-state index contributed by atoms with van der Waals surface area (Å²) in [6, 6.07) is 8.08. The zero-order chi connectivity index (χ0) is 10.4. The molecule has 0 fully saturated rings. The van der Waals surface area contributed by atoms with Crippen LogP contribution in [0.5, 0.6) is 5.75 Å². The van der Waals surface area contributed by atoms with Crippen LogP contribution in [-0.2, 0) is 27.0 Å². The summed E-state index contributed by atoms with van der Waals surface area (Å²) in [4.78, 5) is 0. The Balaban J connectivity index is 2.54. The van der Waals surface area contributed by atoms with E-state index in [0.29, 0.717) is 0 Å². The quantitative estimate of drug-likeness (QED) is 0.769. The SMILES string of the molecule is CO[C](=[Cr])CCc1cccc(OC)c1. The third kappa shape index (κ3) is 3.63. The number of hydrogen-bond acceptors (Lipinski definition) is 2. The van der Waals surface area contributed by atoms with Crippen molar-refractivity contribution in [3.63, 3.8) is 0 Å². The number of ether oxygens (including phenoxy) is 2. The van der Waals surface area contributed by atoms with Crippen molar-refractivity contribution in [2.45, 2.75) is 12.8 Å². The zero-order valence-electron chi connectivity index (χ0n) is 8.45. The summed E-state index contributed by atoms with van der Waals surface area (Å²) < 4.78 is 11.1. The Labute approximate surface area is 92.8 Å². The first kappa shape index (κ1) is 11.5. The molecule has 0 bridgehead atoms. The van der Waals surface area contributed by atoms with E-state index < -0.39 is 0 Å². The predicted molar refractivity (Wildman–Crippen MR) is 53.3 cm³/mol. The van der Waals surface area contributed by atoms with Crippen molar-refractivity contribution in [1.29, 1.82) is 0 Å². The molecule has 0 aliphatic heterocycles. The molecule has 0 heterocycles. The molecule has 0 unspecified atom stereocenters. The van der Waals surface area contributed by atoms with Crippen LogP contribution in [0.3, 0.4) is 0 Å². The zero-order valence-corrected chi connectivity index (χ0v) is 9.72. The molecule has 0 atom stereocenters. The first-order valence-electron chi connectivity index (χ1n) is 4.46. The number of aryl methyl sites for hydroxylation is 1. The first-order valence-corrected chi connectivity index (χ1v) is 5.09. The van der Waals surface area contributed by atoms with Crippen molar-refractivity contribution in [2.75, 3.05) is 14.2 Å². The van der Waals surface area contributed by atoms with Gasteiger partial charge in [0.05, 0.1) is 0 Å². The summed E-state index contributed by atoms with van der Waals surface area (Å²) in [7, 11) is 3.36. The van der Waals surface area contributed by atoms with Crippen LogP contribution in [0.1, 0.15) is 12.0 Å². The maximum atomic E-state index is 5.14. The van der Waals surface area contributed by atoms with Crippen LogP contribution in [0.2, 0.25) is 0 Å². The van der Waals surface area contributed by atoms with E-state index in [1.807, 2.05) is 18.2 Å². The molecule has 76 valence electrons. The molecule has 0 aromatic heterocycles. The van der Waals surface area contributed by atoms with E-state index in [9.17, 15) is 0 Å². The molecule has 14 heavy (non-hydrogen) atoms. The molecule has 1 rings (SSSR count). The average Bonchev–Trinajstić information content (AvgIpc) is 2.26. The maximum absolute atomic E-state index is 5.14. The van der Waals surface area contributed by atoms with Gasteiger partial charge in [-0.1, -0.05) is 0 Å². The molecule has 0 saturated heterocycles. The van der Waals surface area contributed by atoms with Gasteiger partial charge in [0.2, 0.25) is 0 Å². The Morgan fingerprint density at radius 2 is 2.14 bits per heavy atom. The first-order chi connectivity index (χ1) is 6.76. The van der Waals surface area contributed by atoms with Gasteiger partial charge in [0, 0.05) is 0 Å². The Bertz CT molecular complexity index is 310. The molecule has 1 aromatic carbocycles. The molecule has 1 aromatic rings. The van der Waals surface area contributed by atoms with Gasteiger partial charge in [0.25, 0.3) is 0 Å². The van der Waals surface area contributed by atoms with Crippen LogP contribution in [0.4, 0.5) is 0 Å². The van der Waals surface area contributed by atoms with E-state index in [4.69, 9.17) is 9.47 Å². The van der Waals surface area contributed by atoms with Crippen LogP contribution in [0, 0.1) is 0 Å². The molecule has 0 spiro atoms. The Morgan fingerprint density at radius 1 is 1.36 bits per heavy atom. The van der Waals surface area contributed by atoms with Crippen molar-refractivity contribution < 1.29 is 25.3 Å². The second-order valence-corrected chi connectivity index (χ2v) is 3.64. The summed E-state index contributed by atoms with van der Waals surface area (Å²) >= 11 is 2.89. The number of rotatable bonds is 5. The molecule has 2 nitrogen and oxygen atoms in total. The van der Waals surface area contributed by atoms with Gasteiger partial charge in [-0.3, -0.25) is 0 Å².